The first-order valence-electron chi connectivity index (χ1n) is 6.53. The van der Waals surface area contributed by atoms with E-state index in [0.29, 0.717) is 0 Å². The van der Waals surface area contributed by atoms with E-state index < -0.39 is 0 Å². The SMILES string of the molecule is CCC(O)NCCCCCCNC(O)CC. The number of hydrogen-bond donors (Lipinski definition) is 4. The van der Waals surface area contributed by atoms with Crippen molar-refractivity contribution in [3.05, 3.63) is 0 Å². The van der Waals surface area contributed by atoms with Crippen LogP contribution < -0.4 is 10.6 Å². The zero-order valence-corrected chi connectivity index (χ0v) is 10.7. The van der Waals surface area contributed by atoms with E-state index in [-0.39, 0.29) is 12.5 Å². The summed E-state index contributed by atoms with van der Waals surface area (Å²) in [6.07, 6.45) is 5.39. The van der Waals surface area contributed by atoms with Crippen LogP contribution in [0.5, 0.6) is 0 Å². The smallest absolute Gasteiger partial charge is 0.104 e. The lowest BCUT2D eigenvalue weighted by Crippen LogP contribution is -2.29. The van der Waals surface area contributed by atoms with Gasteiger partial charge in [0, 0.05) is 0 Å². The van der Waals surface area contributed by atoms with Gasteiger partial charge >= 0.3 is 0 Å². The third kappa shape index (κ3) is 10.4. The van der Waals surface area contributed by atoms with Gasteiger partial charge in [-0.15, -0.1) is 0 Å². The number of unbranched alkanes of at least 4 members (excludes halogenated alkanes) is 3. The molecule has 16 heavy (non-hydrogen) atoms. The van der Waals surface area contributed by atoms with Crippen molar-refractivity contribution < 1.29 is 10.2 Å². The molecule has 0 aliphatic carbocycles. The molecule has 0 radical (unpaired) electrons. The summed E-state index contributed by atoms with van der Waals surface area (Å²) in [4.78, 5) is 0. The molecule has 0 spiro atoms. The highest BCUT2D eigenvalue weighted by atomic mass is 16.3. The monoisotopic (exact) mass is 232 g/mol. The van der Waals surface area contributed by atoms with Gasteiger partial charge in [-0.1, -0.05) is 26.7 Å². The van der Waals surface area contributed by atoms with Crippen molar-refractivity contribution in [3.8, 4) is 0 Å². The average Bonchev–Trinajstić information content (AvgIpc) is 2.31. The van der Waals surface area contributed by atoms with E-state index in [9.17, 15) is 10.2 Å². The van der Waals surface area contributed by atoms with Crippen LogP contribution in [0.2, 0.25) is 0 Å². The van der Waals surface area contributed by atoms with Crippen LogP contribution in [-0.4, -0.2) is 35.8 Å². The summed E-state index contributed by atoms with van der Waals surface area (Å²) in [6, 6.07) is 0. The zero-order valence-electron chi connectivity index (χ0n) is 10.7. The highest BCUT2D eigenvalue weighted by Crippen LogP contribution is 1.99. The van der Waals surface area contributed by atoms with Crippen LogP contribution in [0.3, 0.4) is 0 Å². The van der Waals surface area contributed by atoms with E-state index in [0.717, 1.165) is 38.8 Å². The predicted octanol–water partition coefficient (Wildman–Crippen LogP) is 1.18. The minimum Gasteiger partial charge on any atom is -0.379 e. The molecule has 0 aliphatic heterocycles. The van der Waals surface area contributed by atoms with Gasteiger partial charge in [0.25, 0.3) is 0 Å². The molecular weight excluding hydrogens is 204 g/mol. The Morgan fingerprint density at radius 3 is 1.44 bits per heavy atom. The minimum atomic E-state index is -0.346. The molecule has 0 saturated heterocycles. The summed E-state index contributed by atoms with van der Waals surface area (Å²) in [5.74, 6) is 0. The van der Waals surface area contributed by atoms with Crippen molar-refractivity contribution in [1.29, 1.82) is 0 Å². The predicted molar refractivity (Wildman–Crippen MR) is 67.1 cm³/mol. The van der Waals surface area contributed by atoms with Gasteiger partial charge in [0.1, 0.15) is 12.5 Å². The second kappa shape index (κ2) is 11.3. The summed E-state index contributed by atoms with van der Waals surface area (Å²) in [6.45, 7) is 5.70. The van der Waals surface area contributed by atoms with Gasteiger partial charge in [0.2, 0.25) is 0 Å². The second-order valence-corrected chi connectivity index (χ2v) is 4.17. The third-order valence-corrected chi connectivity index (χ3v) is 2.64. The maximum Gasteiger partial charge on any atom is 0.104 e. The molecule has 0 heterocycles. The van der Waals surface area contributed by atoms with E-state index in [1.807, 2.05) is 13.8 Å². The molecular formula is C12H28N2O2. The van der Waals surface area contributed by atoms with Gasteiger partial charge < -0.3 is 10.2 Å². The van der Waals surface area contributed by atoms with Gasteiger partial charge in [-0.25, -0.2) is 0 Å². The first-order valence-corrected chi connectivity index (χ1v) is 6.53. The lowest BCUT2D eigenvalue weighted by molar-refractivity contribution is 0.131. The Hall–Kier alpha value is -0.160. The van der Waals surface area contributed by atoms with Gasteiger partial charge in [0.05, 0.1) is 0 Å². The molecule has 0 fully saturated rings. The topological polar surface area (TPSA) is 64.5 Å². The third-order valence-electron chi connectivity index (χ3n) is 2.64. The van der Waals surface area contributed by atoms with E-state index >= 15 is 0 Å². The number of hydrogen-bond acceptors (Lipinski definition) is 4. The Kier molecular flexibility index (Phi) is 11.2. The van der Waals surface area contributed by atoms with Crippen LogP contribution in [0.4, 0.5) is 0 Å². The Balaban J connectivity index is 3.04. The Morgan fingerprint density at radius 1 is 0.750 bits per heavy atom. The van der Waals surface area contributed by atoms with Gasteiger partial charge in [0.15, 0.2) is 0 Å². The fourth-order valence-corrected chi connectivity index (χ4v) is 1.43. The lowest BCUT2D eigenvalue weighted by Gasteiger charge is -2.11. The van der Waals surface area contributed by atoms with Gasteiger partial charge in [-0.05, 0) is 38.8 Å². The Bertz CT molecular complexity index is 129. The van der Waals surface area contributed by atoms with Crippen molar-refractivity contribution >= 4 is 0 Å². The van der Waals surface area contributed by atoms with Crippen LogP contribution in [0, 0.1) is 0 Å². The molecule has 4 heteroatoms. The molecule has 0 aromatic heterocycles. The van der Waals surface area contributed by atoms with Crippen LogP contribution in [0.25, 0.3) is 0 Å². The van der Waals surface area contributed by atoms with Crippen molar-refractivity contribution in [2.75, 3.05) is 13.1 Å². The molecule has 98 valence electrons. The van der Waals surface area contributed by atoms with Crippen LogP contribution in [0.15, 0.2) is 0 Å². The molecule has 0 aromatic carbocycles. The lowest BCUT2D eigenvalue weighted by atomic mass is 10.2. The quantitative estimate of drug-likeness (QED) is 0.319. The molecule has 2 unspecified atom stereocenters. The number of aliphatic hydroxyl groups excluding tert-OH is 2. The second-order valence-electron chi connectivity index (χ2n) is 4.17. The summed E-state index contributed by atoms with van der Waals surface area (Å²) in [7, 11) is 0. The fraction of sp³-hybridized carbons (Fsp3) is 1.00. The zero-order chi connectivity index (χ0) is 12.2. The normalized spacial score (nSPS) is 15.0. The van der Waals surface area contributed by atoms with Crippen LogP contribution >= 0.6 is 0 Å². The summed E-state index contributed by atoms with van der Waals surface area (Å²) < 4.78 is 0. The molecule has 0 aliphatic rings. The molecule has 4 N–H and O–H groups in total. The van der Waals surface area contributed by atoms with E-state index in [4.69, 9.17) is 0 Å². The highest BCUT2D eigenvalue weighted by molar-refractivity contribution is 4.54. The maximum atomic E-state index is 9.24. The number of rotatable bonds is 11. The molecule has 0 aromatic rings. The van der Waals surface area contributed by atoms with Crippen LogP contribution in [-0.2, 0) is 0 Å². The number of nitrogens with one attached hydrogen (secondary N) is 2. The molecule has 0 bridgehead atoms. The van der Waals surface area contributed by atoms with Crippen LogP contribution in [0.1, 0.15) is 52.4 Å². The highest BCUT2D eigenvalue weighted by Gasteiger charge is 1.99. The van der Waals surface area contributed by atoms with Crippen molar-refractivity contribution in [2.45, 2.75) is 64.8 Å². The fourth-order valence-electron chi connectivity index (χ4n) is 1.43. The summed E-state index contributed by atoms with van der Waals surface area (Å²) in [5, 5.41) is 24.6. The standard InChI is InChI=1S/C12H28N2O2/c1-3-11(15)13-9-7-5-6-8-10-14-12(16)4-2/h11-16H,3-10H2,1-2H3. The largest absolute Gasteiger partial charge is 0.379 e. The Labute approximate surface area is 99.4 Å². The maximum absolute atomic E-state index is 9.24. The summed E-state index contributed by atoms with van der Waals surface area (Å²) in [5.41, 5.74) is 0. The van der Waals surface area contributed by atoms with E-state index in [2.05, 4.69) is 10.6 Å². The molecule has 2 atom stereocenters. The molecule has 0 saturated carbocycles. The molecule has 4 nitrogen and oxygen atoms in total. The average molecular weight is 232 g/mol. The first kappa shape index (κ1) is 15.8. The summed E-state index contributed by atoms with van der Waals surface area (Å²) >= 11 is 0. The van der Waals surface area contributed by atoms with Crippen molar-refractivity contribution in [3.63, 3.8) is 0 Å². The first-order chi connectivity index (χ1) is 7.70. The number of aliphatic hydroxyl groups is 2. The van der Waals surface area contributed by atoms with Gasteiger partial charge in [-0.3, -0.25) is 10.6 Å². The molecule has 0 rings (SSSR count). The van der Waals surface area contributed by atoms with Crippen molar-refractivity contribution in [2.24, 2.45) is 0 Å². The van der Waals surface area contributed by atoms with E-state index in [1.165, 1.54) is 12.8 Å². The molecule has 0 amide bonds. The van der Waals surface area contributed by atoms with E-state index in [1.54, 1.807) is 0 Å². The Morgan fingerprint density at radius 2 is 1.12 bits per heavy atom. The van der Waals surface area contributed by atoms with Crippen molar-refractivity contribution in [1.82, 2.24) is 10.6 Å². The van der Waals surface area contributed by atoms with Gasteiger partial charge in [-0.2, -0.15) is 0 Å². The minimum absolute atomic E-state index is 0.346.